The van der Waals surface area contributed by atoms with E-state index in [1.54, 1.807) is 11.3 Å². The molecule has 0 saturated carbocycles. The normalized spacial score (nSPS) is 17.6. The van der Waals surface area contributed by atoms with Crippen LogP contribution < -0.4 is 5.32 Å². The molecule has 1 N–H and O–H groups in total. The van der Waals surface area contributed by atoms with E-state index in [-0.39, 0.29) is 11.8 Å². The molecule has 1 aromatic carbocycles. The van der Waals surface area contributed by atoms with Crippen LogP contribution in [0.3, 0.4) is 0 Å². The quantitative estimate of drug-likeness (QED) is 0.857. The number of carbonyl (C=O) groups is 1. The number of thiophene rings is 1. The zero-order chi connectivity index (χ0) is 11.8. The Hall–Kier alpha value is -1.13. The van der Waals surface area contributed by atoms with Crippen LogP contribution in [0.4, 0.5) is 5.69 Å². The van der Waals surface area contributed by atoms with Crippen molar-refractivity contribution >= 4 is 38.7 Å². The molecular formula is C13H10BrNOS. The van der Waals surface area contributed by atoms with Crippen LogP contribution in [0.2, 0.25) is 0 Å². The van der Waals surface area contributed by atoms with Crippen LogP contribution in [0.1, 0.15) is 15.9 Å². The fourth-order valence-corrected chi connectivity index (χ4v) is 3.58. The largest absolute Gasteiger partial charge is 0.374 e. The van der Waals surface area contributed by atoms with Gasteiger partial charge in [-0.1, -0.05) is 18.2 Å². The molecule has 0 amide bonds. The Morgan fingerprint density at radius 2 is 2.18 bits per heavy atom. The van der Waals surface area contributed by atoms with Gasteiger partial charge in [0.05, 0.1) is 6.04 Å². The molecule has 1 aliphatic heterocycles. The summed E-state index contributed by atoms with van der Waals surface area (Å²) in [7, 11) is 0. The number of halogens is 1. The number of nitrogens with one attached hydrogen (secondary N) is 1. The van der Waals surface area contributed by atoms with E-state index in [2.05, 4.69) is 27.3 Å². The van der Waals surface area contributed by atoms with Crippen LogP contribution in [-0.4, -0.2) is 11.8 Å². The summed E-state index contributed by atoms with van der Waals surface area (Å²) in [6.45, 7) is 0. The van der Waals surface area contributed by atoms with E-state index >= 15 is 0 Å². The summed E-state index contributed by atoms with van der Waals surface area (Å²) >= 11 is 4.95. The molecule has 0 bridgehead atoms. The Morgan fingerprint density at radius 3 is 2.88 bits per heavy atom. The van der Waals surface area contributed by atoms with Gasteiger partial charge < -0.3 is 5.32 Å². The van der Waals surface area contributed by atoms with Gasteiger partial charge in [-0.05, 0) is 27.6 Å². The predicted molar refractivity (Wildman–Crippen MR) is 73.9 cm³/mol. The smallest absolute Gasteiger partial charge is 0.187 e. The van der Waals surface area contributed by atoms with E-state index in [4.69, 9.17) is 0 Å². The molecule has 2 nitrogen and oxygen atoms in total. The highest BCUT2D eigenvalue weighted by Gasteiger charge is 2.28. The molecule has 2 heterocycles. The number of fused-ring (bicyclic) bond motifs is 1. The number of para-hydroxylation sites is 1. The third-order valence-electron chi connectivity index (χ3n) is 2.97. The van der Waals surface area contributed by atoms with Crippen LogP contribution in [0, 0.1) is 0 Å². The van der Waals surface area contributed by atoms with Crippen molar-refractivity contribution in [2.75, 3.05) is 5.32 Å². The Morgan fingerprint density at radius 1 is 1.35 bits per heavy atom. The van der Waals surface area contributed by atoms with Crippen molar-refractivity contribution in [2.45, 2.75) is 12.5 Å². The van der Waals surface area contributed by atoms with Crippen molar-refractivity contribution < 1.29 is 4.79 Å². The second-order valence-electron chi connectivity index (χ2n) is 4.06. The zero-order valence-corrected chi connectivity index (χ0v) is 11.3. The van der Waals surface area contributed by atoms with Crippen LogP contribution in [-0.2, 0) is 6.42 Å². The lowest BCUT2D eigenvalue weighted by Crippen LogP contribution is -2.26. The van der Waals surface area contributed by atoms with Crippen molar-refractivity contribution in [3.05, 3.63) is 50.6 Å². The molecule has 86 valence electrons. The lowest BCUT2D eigenvalue weighted by atomic mass is 10.0. The van der Waals surface area contributed by atoms with Crippen molar-refractivity contribution in [3.8, 4) is 0 Å². The molecule has 3 rings (SSSR count). The van der Waals surface area contributed by atoms with Crippen molar-refractivity contribution in [1.29, 1.82) is 0 Å². The highest BCUT2D eigenvalue weighted by Crippen LogP contribution is 2.29. The van der Waals surface area contributed by atoms with E-state index in [0.29, 0.717) is 0 Å². The van der Waals surface area contributed by atoms with Crippen LogP contribution in [0.25, 0.3) is 0 Å². The standard InChI is InChI=1S/C13H10BrNOS/c14-10-7-17-6-9(10)13(16)12-5-8-3-1-2-4-11(8)15-12/h1-4,6-7,12,15H,5H2. The minimum atomic E-state index is -0.127. The average Bonchev–Trinajstić information content (AvgIpc) is 2.93. The first-order valence-electron chi connectivity index (χ1n) is 5.36. The Kier molecular flexibility index (Phi) is 2.76. The van der Waals surface area contributed by atoms with Gasteiger partial charge in [0.25, 0.3) is 0 Å². The van der Waals surface area contributed by atoms with E-state index in [1.807, 2.05) is 29.0 Å². The van der Waals surface area contributed by atoms with E-state index in [9.17, 15) is 4.79 Å². The van der Waals surface area contributed by atoms with Crippen molar-refractivity contribution in [3.63, 3.8) is 0 Å². The molecule has 17 heavy (non-hydrogen) atoms. The highest BCUT2D eigenvalue weighted by molar-refractivity contribution is 9.10. The molecule has 4 heteroatoms. The monoisotopic (exact) mass is 307 g/mol. The minimum Gasteiger partial charge on any atom is -0.374 e. The maximum absolute atomic E-state index is 12.3. The first-order valence-corrected chi connectivity index (χ1v) is 7.09. The lowest BCUT2D eigenvalue weighted by molar-refractivity contribution is 0.0971. The molecule has 0 radical (unpaired) electrons. The van der Waals surface area contributed by atoms with Crippen LogP contribution in [0.5, 0.6) is 0 Å². The Balaban J connectivity index is 1.86. The Labute approximate surface area is 112 Å². The molecule has 2 aromatic rings. The molecular weight excluding hydrogens is 298 g/mol. The predicted octanol–water partition coefficient (Wildman–Crippen LogP) is 3.73. The second-order valence-corrected chi connectivity index (χ2v) is 5.65. The number of benzene rings is 1. The van der Waals surface area contributed by atoms with Gasteiger partial charge in [0, 0.05) is 32.9 Å². The van der Waals surface area contributed by atoms with Gasteiger partial charge >= 0.3 is 0 Å². The molecule has 0 spiro atoms. The third kappa shape index (κ3) is 1.91. The number of Topliss-reactive ketones (excluding diaryl/α,β-unsaturated/α-hetero) is 1. The summed E-state index contributed by atoms with van der Waals surface area (Å²) in [5.74, 6) is 0.161. The SMILES string of the molecule is O=C(c1cscc1Br)C1Cc2ccccc2N1. The van der Waals surface area contributed by atoms with Gasteiger partial charge in [-0.2, -0.15) is 11.3 Å². The minimum absolute atomic E-state index is 0.127. The van der Waals surface area contributed by atoms with Gasteiger partial charge in [0.2, 0.25) is 0 Å². The van der Waals surface area contributed by atoms with Gasteiger partial charge in [0.15, 0.2) is 5.78 Å². The Bertz CT molecular complexity index is 553. The first-order chi connectivity index (χ1) is 8.25. The topological polar surface area (TPSA) is 29.1 Å². The summed E-state index contributed by atoms with van der Waals surface area (Å²) in [4.78, 5) is 12.3. The van der Waals surface area contributed by atoms with Crippen LogP contribution in [0.15, 0.2) is 39.5 Å². The van der Waals surface area contributed by atoms with Gasteiger partial charge in [-0.15, -0.1) is 0 Å². The van der Waals surface area contributed by atoms with E-state index < -0.39 is 0 Å². The summed E-state index contributed by atoms with van der Waals surface area (Å²) in [6.07, 6.45) is 0.775. The van der Waals surface area contributed by atoms with Gasteiger partial charge in [-0.25, -0.2) is 0 Å². The van der Waals surface area contributed by atoms with Crippen molar-refractivity contribution in [1.82, 2.24) is 0 Å². The first kappa shape index (κ1) is 11.0. The number of hydrogen-bond donors (Lipinski definition) is 1. The molecule has 1 unspecified atom stereocenters. The maximum atomic E-state index is 12.3. The molecule has 0 aliphatic carbocycles. The summed E-state index contributed by atoms with van der Waals surface area (Å²) in [5, 5.41) is 7.12. The molecule has 1 aliphatic rings. The van der Waals surface area contributed by atoms with Gasteiger partial charge in [-0.3, -0.25) is 4.79 Å². The average molecular weight is 308 g/mol. The number of ketones is 1. The number of anilines is 1. The molecule has 0 saturated heterocycles. The van der Waals surface area contributed by atoms with E-state index in [1.165, 1.54) is 5.56 Å². The number of rotatable bonds is 2. The summed E-state index contributed by atoms with van der Waals surface area (Å²) in [5.41, 5.74) is 3.08. The fraction of sp³-hybridized carbons (Fsp3) is 0.154. The molecule has 0 fully saturated rings. The fourth-order valence-electron chi connectivity index (χ4n) is 2.10. The van der Waals surface area contributed by atoms with Crippen LogP contribution >= 0.6 is 27.3 Å². The molecule has 1 aromatic heterocycles. The highest BCUT2D eigenvalue weighted by atomic mass is 79.9. The maximum Gasteiger partial charge on any atom is 0.187 e. The number of hydrogen-bond acceptors (Lipinski definition) is 3. The van der Waals surface area contributed by atoms with Gasteiger partial charge in [0.1, 0.15) is 0 Å². The zero-order valence-electron chi connectivity index (χ0n) is 8.94. The number of carbonyl (C=O) groups excluding carboxylic acids is 1. The van der Waals surface area contributed by atoms with E-state index in [0.717, 1.165) is 22.1 Å². The molecule has 1 atom stereocenters. The summed E-state index contributed by atoms with van der Waals surface area (Å²) < 4.78 is 0.894. The summed E-state index contributed by atoms with van der Waals surface area (Å²) in [6, 6.07) is 7.95. The third-order valence-corrected chi connectivity index (χ3v) is 4.67. The van der Waals surface area contributed by atoms with Crippen molar-refractivity contribution in [2.24, 2.45) is 0 Å². The second kappa shape index (κ2) is 4.27. The lowest BCUT2D eigenvalue weighted by Gasteiger charge is -2.09.